The van der Waals surface area contributed by atoms with Gasteiger partial charge in [0.2, 0.25) is 5.75 Å². The molecule has 1 aliphatic heterocycles. The highest BCUT2D eigenvalue weighted by Gasteiger charge is 2.43. The maximum absolute atomic E-state index is 13.3. The molecule has 0 radical (unpaired) electrons. The van der Waals surface area contributed by atoms with E-state index in [9.17, 15) is 9.90 Å². The number of nitrogens with one attached hydrogen (secondary N) is 1. The van der Waals surface area contributed by atoms with Crippen molar-refractivity contribution in [3.05, 3.63) is 64.9 Å². The van der Waals surface area contributed by atoms with E-state index in [1.54, 1.807) is 38.4 Å². The predicted molar refractivity (Wildman–Crippen MR) is 124 cm³/mol. The molecule has 1 atom stereocenters. The molecule has 33 heavy (non-hydrogen) atoms. The molecule has 2 N–H and O–H groups in total. The van der Waals surface area contributed by atoms with Crippen LogP contribution in [0.2, 0.25) is 0 Å². The van der Waals surface area contributed by atoms with Crippen molar-refractivity contribution in [2.75, 3.05) is 27.9 Å². The maximum Gasteiger partial charge on any atom is 0.273 e. The SMILES string of the molecule is C=CCN1C(=O)c2[nH]nc(-c3c(C)cc(C)cc3O)c2[C@H]1c1cc(OC)c(OC)c(OC)c1. The van der Waals surface area contributed by atoms with E-state index < -0.39 is 6.04 Å². The van der Waals surface area contributed by atoms with Crippen LogP contribution in [0.1, 0.15) is 38.8 Å². The number of ether oxygens (including phenoxy) is 3. The van der Waals surface area contributed by atoms with E-state index in [2.05, 4.69) is 16.8 Å². The van der Waals surface area contributed by atoms with Crippen molar-refractivity contribution in [1.29, 1.82) is 0 Å². The normalized spacial score (nSPS) is 14.9. The summed E-state index contributed by atoms with van der Waals surface area (Å²) >= 11 is 0. The number of aromatic amines is 1. The van der Waals surface area contributed by atoms with E-state index in [1.807, 2.05) is 32.0 Å². The molecular weight excluding hydrogens is 422 g/mol. The Hall–Kier alpha value is -3.94. The Morgan fingerprint density at radius 2 is 1.79 bits per heavy atom. The summed E-state index contributed by atoms with van der Waals surface area (Å²) in [6.45, 7) is 7.97. The fourth-order valence-electron chi connectivity index (χ4n) is 4.57. The summed E-state index contributed by atoms with van der Waals surface area (Å²) in [5.74, 6) is 1.33. The lowest BCUT2D eigenvalue weighted by atomic mass is 9.92. The molecule has 0 aliphatic carbocycles. The fraction of sp³-hybridized carbons (Fsp3) is 0.280. The molecule has 1 aliphatic rings. The number of nitrogens with zero attached hydrogens (tertiary/aromatic N) is 2. The summed E-state index contributed by atoms with van der Waals surface area (Å²) in [7, 11) is 4.63. The third-order valence-corrected chi connectivity index (χ3v) is 5.89. The highest BCUT2D eigenvalue weighted by Crippen LogP contribution is 2.48. The van der Waals surface area contributed by atoms with Crippen LogP contribution in [0.5, 0.6) is 23.0 Å². The van der Waals surface area contributed by atoms with E-state index >= 15 is 0 Å². The molecule has 3 aromatic rings. The van der Waals surface area contributed by atoms with Gasteiger partial charge in [0.15, 0.2) is 11.5 Å². The highest BCUT2D eigenvalue weighted by atomic mass is 16.5. The van der Waals surface area contributed by atoms with Gasteiger partial charge in [0.05, 0.1) is 27.4 Å². The maximum atomic E-state index is 13.3. The second kappa shape index (κ2) is 8.54. The number of benzene rings is 2. The number of methoxy groups -OCH3 is 3. The van der Waals surface area contributed by atoms with Gasteiger partial charge < -0.3 is 24.2 Å². The smallest absolute Gasteiger partial charge is 0.273 e. The lowest BCUT2D eigenvalue weighted by molar-refractivity contribution is 0.0764. The number of rotatable bonds is 7. The lowest BCUT2D eigenvalue weighted by Gasteiger charge is -2.26. The number of hydrogen-bond donors (Lipinski definition) is 2. The molecule has 0 saturated heterocycles. The van der Waals surface area contributed by atoms with Crippen molar-refractivity contribution in [1.82, 2.24) is 15.1 Å². The van der Waals surface area contributed by atoms with Crippen LogP contribution in [0.15, 0.2) is 36.9 Å². The van der Waals surface area contributed by atoms with Gasteiger partial charge in [-0.3, -0.25) is 9.89 Å². The molecule has 8 heteroatoms. The molecule has 0 fully saturated rings. The average Bonchev–Trinajstić information content (AvgIpc) is 3.31. The van der Waals surface area contributed by atoms with Crippen molar-refractivity contribution >= 4 is 5.91 Å². The lowest BCUT2D eigenvalue weighted by Crippen LogP contribution is -2.29. The van der Waals surface area contributed by atoms with Gasteiger partial charge in [-0.15, -0.1) is 6.58 Å². The predicted octanol–water partition coefficient (Wildman–Crippen LogP) is 4.16. The monoisotopic (exact) mass is 449 g/mol. The molecule has 2 aromatic carbocycles. The topological polar surface area (TPSA) is 96.9 Å². The minimum Gasteiger partial charge on any atom is -0.507 e. The molecule has 0 unspecified atom stereocenters. The first kappa shape index (κ1) is 22.3. The van der Waals surface area contributed by atoms with Gasteiger partial charge in [0, 0.05) is 17.7 Å². The van der Waals surface area contributed by atoms with Gasteiger partial charge >= 0.3 is 0 Å². The van der Waals surface area contributed by atoms with Gasteiger partial charge in [-0.1, -0.05) is 12.1 Å². The van der Waals surface area contributed by atoms with Crippen LogP contribution in [-0.4, -0.2) is 54.0 Å². The molecule has 1 aromatic heterocycles. The van der Waals surface area contributed by atoms with Crippen LogP contribution in [0.25, 0.3) is 11.3 Å². The summed E-state index contributed by atoms with van der Waals surface area (Å²) in [5, 5.41) is 18.1. The third kappa shape index (κ3) is 3.47. The fourth-order valence-corrected chi connectivity index (χ4v) is 4.57. The molecule has 2 heterocycles. The number of carbonyl (C=O) groups is 1. The van der Waals surface area contributed by atoms with Crippen molar-refractivity contribution < 1.29 is 24.1 Å². The highest BCUT2D eigenvalue weighted by molar-refractivity contribution is 6.00. The zero-order valence-corrected chi connectivity index (χ0v) is 19.4. The van der Waals surface area contributed by atoms with Gasteiger partial charge in [-0.05, 0) is 48.7 Å². The van der Waals surface area contributed by atoms with Gasteiger partial charge in [-0.2, -0.15) is 5.10 Å². The van der Waals surface area contributed by atoms with Crippen molar-refractivity contribution in [2.24, 2.45) is 0 Å². The van der Waals surface area contributed by atoms with Crippen LogP contribution in [0.3, 0.4) is 0 Å². The Morgan fingerprint density at radius 1 is 1.12 bits per heavy atom. The average molecular weight is 450 g/mol. The minimum atomic E-state index is -0.506. The van der Waals surface area contributed by atoms with E-state index in [4.69, 9.17) is 14.2 Å². The number of phenolic OH excluding ortho intramolecular Hbond substituents is 1. The number of aromatic hydroxyl groups is 1. The van der Waals surface area contributed by atoms with Crippen LogP contribution in [0, 0.1) is 13.8 Å². The molecule has 0 bridgehead atoms. The van der Waals surface area contributed by atoms with E-state index in [1.165, 1.54) is 0 Å². The van der Waals surface area contributed by atoms with Crippen LogP contribution in [-0.2, 0) is 0 Å². The second-order valence-electron chi connectivity index (χ2n) is 7.94. The Kier molecular flexibility index (Phi) is 5.76. The Morgan fingerprint density at radius 3 is 2.33 bits per heavy atom. The van der Waals surface area contributed by atoms with E-state index in [0.29, 0.717) is 46.3 Å². The number of carbonyl (C=O) groups excluding carboxylic acids is 1. The number of fused-ring (bicyclic) bond motifs is 1. The first-order chi connectivity index (χ1) is 15.9. The van der Waals surface area contributed by atoms with Crippen LogP contribution >= 0.6 is 0 Å². The number of H-pyrrole nitrogens is 1. The van der Waals surface area contributed by atoms with Gasteiger partial charge in [-0.25, -0.2) is 0 Å². The molecule has 4 rings (SSSR count). The summed E-state index contributed by atoms with van der Waals surface area (Å²) < 4.78 is 16.6. The molecule has 0 saturated carbocycles. The standard InChI is InChI=1S/C25H27N3O5/c1-7-8-28-23(15-11-17(31-4)24(33-6)18(12-15)32-5)20-21(26-27-22(20)25(28)30)19-14(3)9-13(2)10-16(19)29/h7,9-12,23,29H,1,8H2,2-6H3,(H,26,27)/t23-/m1/s1. The largest absolute Gasteiger partial charge is 0.507 e. The van der Waals surface area contributed by atoms with Crippen LogP contribution < -0.4 is 14.2 Å². The summed E-state index contributed by atoms with van der Waals surface area (Å²) in [5.41, 5.74) is 4.72. The summed E-state index contributed by atoms with van der Waals surface area (Å²) in [6.07, 6.45) is 1.68. The molecule has 0 spiro atoms. The van der Waals surface area contributed by atoms with E-state index in [-0.39, 0.29) is 11.7 Å². The zero-order chi connectivity index (χ0) is 23.9. The summed E-state index contributed by atoms with van der Waals surface area (Å²) in [6, 6.07) is 6.80. The number of hydrogen-bond acceptors (Lipinski definition) is 6. The Bertz CT molecular complexity index is 1200. The zero-order valence-electron chi connectivity index (χ0n) is 19.4. The number of phenols is 1. The minimum absolute atomic E-state index is 0.111. The molecule has 172 valence electrons. The molecular formula is C25H27N3O5. The Balaban J connectivity index is 1.99. The second-order valence-corrected chi connectivity index (χ2v) is 7.94. The van der Waals surface area contributed by atoms with Crippen LogP contribution in [0.4, 0.5) is 0 Å². The summed E-state index contributed by atoms with van der Waals surface area (Å²) in [4.78, 5) is 15.0. The van der Waals surface area contributed by atoms with Crippen molar-refractivity contribution in [3.63, 3.8) is 0 Å². The van der Waals surface area contributed by atoms with Crippen molar-refractivity contribution in [2.45, 2.75) is 19.9 Å². The number of aromatic nitrogens is 2. The van der Waals surface area contributed by atoms with Crippen molar-refractivity contribution in [3.8, 4) is 34.3 Å². The van der Waals surface area contributed by atoms with Gasteiger partial charge in [0.1, 0.15) is 17.1 Å². The van der Waals surface area contributed by atoms with Gasteiger partial charge in [0.25, 0.3) is 5.91 Å². The number of aryl methyl sites for hydroxylation is 2. The number of amides is 1. The third-order valence-electron chi connectivity index (χ3n) is 5.89. The quantitative estimate of drug-likeness (QED) is 0.526. The molecule has 1 amide bonds. The Labute approximate surface area is 192 Å². The molecule has 8 nitrogen and oxygen atoms in total. The first-order valence-corrected chi connectivity index (χ1v) is 10.5. The van der Waals surface area contributed by atoms with E-state index in [0.717, 1.165) is 16.7 Å². The first-order valence-electron chi connectivity index (χ1n) is 10.5.